The number of benzene rings is 2. The zero-order valence-corrected chi connectivity index (χ0v) is 14.5. The first-order valence-corrected chi connectivity index (χ1v) is 7.55. The number of hydrazone groups is 1. The Hall–Kier alpha value is -3.95. The van der Waals surface area contributed by atoms with Crippen molar-refractivity contribution in [3.8, 4) is 11.5 Å². The SMILES string of the molecule is COc1ccc(NC(=O)C(=O)N/N=C/c2cccc([N+](=O)[O-])c2)c(OC)c1. The summed E-state index contributed by atoms with van der Waals surface area (Å²) in [6, 6.07) is 10.3. The van der Waals surface area contributed by atoms with Crippen molar-refractivity contribution in [2.24, 2.45) is 5.10 Å². The van der Waals surface area contributed by atoms with Gasteiger partial charge in [0.05, 0.1) is 31.0 Å². The smallest absolute Gasteiger partial charge is 0.329 e. The summed E-state index contributed by atoms with van der Waals surface area (Å²) in [7, 11) is 2.90. The normalized spacial score (nSPS) is 10.3. The summed E-state index contributed by atoms with van der Waals surface area (Å²) >= 11 is 0. The average molecular weight is 372 g/mol. The molecule has 2 aromatic rings. The van der Waals surface area contributed by atoms with Crippen LogP contribution in [0.3, 0.4) is 0 Å². The Morgan fingerprint density at radius 1 is 1.11 bits per heavy atom. The van der Waals surface area contributed by atoms with Crippen LogP contribution in [-0.4, -0.2) is 37.2 Å². The summed E-state index contributed by atoms with van der Waals surface area (Å²) < 4.78 is 10.2. The Balaban J connectivity index is 1.99. The van der Waals surface area contributed by atoms with Gasteiger partial charge >= 0.3 is 11.8 Å². The average Bonchev–Trinajstić information content (AvgIpc) is 2.68. The monoisotopic (exact) mass is 372 g/mol. The predicted molar refractivity (Wildman–Crippen MR) is 97.0 cm³/mol. The molecule has 0 fully saturated rings. The van der Waals surface area contributed by atoms with Gasteiger partial charge in [0.2, 0.25) is 0 Å². The Bertz CT molecular complexity index is 897. The van der Waals surface area contributed by atoms with Gasteiger partial charge in [-0.3, -0.25) is 19.7 Å². The van der Waals surface area contributed by atoms with Gasteiger partial charge in [0.15, 0.2) is 0 Å². The van der Waals surface area contributed by atoms with Gasteiger partial charge in [-0.15, -0.1) is 0 Å². The molecule has 0 unspecified atom stereocenters. The summed E-state index contributed by atoms with van der Waals surface area (Å²) in [5, 5.41) is 16.7. The van der Waals surface area contributed by atoms with Gasteiger partial charge in [-0.25, -0.2) is 5.43 Å². The molecule has 10 nitrogen and oxygen atoms in total. The summed E-state index contributed by atoms with van der Waals surface area (Å²) in [6.45, 7) is 0. The fourth-order valence-corrected chi connectivity index (χ4v) is 2.02. The van der Waals surface area contributed by atoms with E-state index in [0.29, 0.717) is 17.1 Å². The lowest BCUT2D eigenvalue weighted by Gasteiger charge is -2.10. The number of nitrogens with one attached hydrogen (secondary N) is 2. The molecule has 0 aliphatic rings. The quantitative estimate of drug-likeness (QED) is 0.343. The van der Waals surface area contributed by atoms with E-state index < -0.39 is 16.7 Å². The molecule has 0 heterocycles. The van der Waals surface area contributed by atoms with Crippen LogP contribution < -0.4 is 20.2 Å². The number of carbonyl (C=O) groups is 2. The molecule has 27 heavy (non-hydrogen) atoms. The third kappa shape index (κ3) is 5.26. The van der Waals surface area contributed by atoms with Crippen LogP contribution in [0.5, 0.6) is 11.5 Å². The van der Waals surface area contributed by atoms with Crippen molar-refractivity contribution in [3.05, 3.63) is 58.1 Å². The standard InChI is InChI=1S/C17H16N4O6/c1-26-13-6-7-14(15(9-13)27-2)19-16(22)17(23)20-18-10-11-4-3-5-12(8-11)21(24)25/h3-10H,1-2H3,(H,19,22)(H,20,23)/b18-10+. The second-order valence-electron chi connectivity index (χ2n) is 5.07. The maximum Gasteiger partial charge on any atom is 0.329 e. The maximum atomic E-state index is 11.9. The summed E-state index contributed by atoms with van der Waals surface area (Å²) in [5.41, 5.74) is 2.60. The van der Waals surface area contributed by atoms with E-state index in [9.17, 15) is 19.7 Å². The molecule has 0 aliphatic carbocycles. The van der Waals surface area contributed by atoms with Crippen LogP contribution in [0.4, 0.5) is 11.4 Å². The first kappa shape index (κ1) is 19.4. The lowest BCUT2D eigenvalue weighted by molar-refractivity contribution is -0.384. The molecule has 0 aliphatic heterocycles. The summed E-state index contributed by atoms with van der Waals surface area (Å²) in [6.07, 6.45) is 1.19. The number of ether oxygens (including phenoxy) is 2. The van der Waals surface area contributed by atoms with Gasteiger partial charge < -0.3 is 14.8 Å². The molecule has 0 bridgehead atoms. The number of nitro benzene ring substituents is 1. The van der Waals surface area contributed by atoms with E-state index in [-0.39, 0.29) is 11.4 Å². The molecule has 0 aromatic heterocycles. The summed E-state index contributed by atoms with van der Waals surface area (Å²) in [5.74, 6) is -1.14. The zero-order chi connectivity index (χ0) is 19.8. The number of non-ortho nitro benzene ring substituents is 1. The summed E-state index contributed by atoms with van der Waals surface area (Å²) in [4.78, 5) is 33.9. The highest BCUT2D eigenvalue weighted by molar-refractivity contribution is 6.39. The van der Waals surface area contributed by atoms with Crippen LogP contribution in [0.25, 0.3) is 0 Å². The highest BCUT2D eigenvalue weighted by Crippen LogP contribution is 2.28. The molecule has 2 amide bonds. The van der Waals surface area contributed by atoms with Crippen molar-refractivity contribution in [2.75, 3.05) is 19.5 Å². The van der Waals surface area contributed by atoms with Crippen molar-refractivity contribution in [3.63, 3.8) is 0 Å². The molecule has 140 valence electrons. The van der Waals surface area contributed by atoms with E-state index in [1.165, 1.54) is 44.7 Å². The lowest BCUT2D eigenvalue weighted by Crippen LogP contribution is -2.32. The van der Waals surface area contributed by atoms with E-state index in [2.05, 4.69) is 10.4 Å². The van der Waals surface area contributed by atoms with Gasteiger partial charge in [0, 0.05) is 23.8 Å². The van der Waals surface area contributed by atoms with Crippen LogP contribution in [0, 0.1) is 10.1 Å². The number of nitro groups is 1. The largest absolute Gasteiger partial charge is 0.497 e. The van der Waals surface area contributed by atoms with Crippen molar-refractivity contribution in [1.29, 1.82) is 0 Å². The van der Waals surface area contributed by atoms with Crippen LogP contribution in [0.1, 0.15) is 5.56 Å². The predicted octanol–water partition coefficient (Wildman–Crippen LogP) is 1.70. The van der Waals surface area contributed by atoms with Gasteiger partial charge in [-0.2, -0.15) is 5.10 Å². The number of hydrogen-bond donors (Lipinski definition) is 2. The Morgan fingerprint density at radius 2 is 1.89 bits per heavy atom. The van der Waals surface area contributed by atoms with Gasteiger partial charge in [-0.1, -0.05) is 12.1 Å². The molecule has 0 radical (unpaired) electrons. The molecule has 0 saturated heterocycles. The van der Waals surface area contributed by atoms with Gasteiger partial charge in [0.1, 0.15) is 11.5 Å². The fraction of sp³-hybridized carbons (Fsp3) is 0.118. The Kier molecular flexibility index (Phi) is 6.42. The van der Waals surface area contributed by atoms with E-state index >= 15 is 0 Å². The number of carbonyl (C=O) groups excluding carboxylic acids is 2. The van der Waals surface area contributed by atoms with Crippen LogP contribution in [0.15, 0.2) is 47.6 Å². The number of nitrogens with zero attached hydrogens (tertiary/aromatic N) is 2. The second-order valence-corrected chi connectivity index (χ2v) is 5.07. The third-order valence-electron chi connectivity index (χ3n) is 3.32. The zero-order valence-electron chi connectivity index (χ0n) is 14.5. The highest BCUT2D eigenvalue weighted by Gasteiger charge is 2.15. The van der Waals surface area contributed by atoms with Crippen LogP contribution in [0.2, 0.25) is 0 Å². The minimum atomic E-state index is -1.02. The van der Waals surface area contributed by atoms with Crippen molar-refractivity contribution >= 4 is 29.4 Å². The molecule has 2 aromatic carbocycles. The second kappa shape index (κ2) is 8.94. The van der Waals surface area contributed by atoms with Crippen molar-refractivity contribution in [2.45, 2.75) is 0 Å². The van der Waals surface area contributed by atoms with Crippen LogP contribution >= 0.6 is 0 Å². The minimum Gasteiger partial charge on any atom is -0.497 e. The maximum absolute atomic E-state index is 11.9. The lowest BCUT2D eigenvalue weighted by atomic mass is 10.2. The van der Waals surface area contributed by atoms with Crippen molar-refractivity contribution < 1.29 is 24.0 Å². The van der Waals surface area contributed by atoms with E-state index in [1.54, 1.807) is 18.2 Å². The topological polar surface area (TPSA) is 132 Å². The number of hydrogen-bond acceptors (Lipinski definition) is 7. The van der Waals surface area contributed by atoms with Crippen molar-refractivity contribution in [1.82, 2.24) is 5.43 Å². The van der Waals surface area contributed by atoms with E-state index in [4.69, 9.17) is 9.47 Å². The van der Waals surface area contributed by atoms with E-state index in [1.807, 2.05) is 5.43 Å². The highest BCUT2D eigenvalue weighted by atomic mass is 16.6. The molecule has 0 spiro atoms. The first-order valence-electron chi connectivity index (χ1n) is 7.55. The third-order valence-corrected chi connectivity index (χ3v) is 3.32. The molecular weight excluding hydrogens is 356 g/mol. The molecule has 0 atom stereocenters. The number of amides is 2. The molecular formula is C17H16N4O6. The Morgan fingerprint density at radius 3 is 2.56 bits per heavy atom. The minimum absolute atomic E-state index is 0.116. The Labute approximate surface area is 153 Å². The van der Waals surface area contributed by atoms with Gasteiger partial charge in [-0.05, 0) is 12.1 Å². The molecule has 0 saturated carbocycles. The van der Waals surface area contributed by atoms with Crippen LogP contribution in [-0.2, 0) is 9.59 Å². The molecule has 2 N–H and O–H groups in total. The number of anilines is 1. The molecule has 2 rings (SSSR count). The number of methoxy groups -OCH3 is 2. The first-order chi connectivity index (χ1) is 12.9. The van der Waals surface area contributed by atoms with Gasteiger partial charge in [0.25, 0.3) is 5.69 Å². The fourth-order valence-electron chi connectivity index (χ4n) is 2.02. The molecule has 10 heteroatoms. The number of rotatable bonds is 6. The van der Waals surface area contributed by atoms with E-state index in [0.717, 1.165) is 0 Å².